The third-order valence-corrected chi connectivity index (χ3v) is 7.06. The fourth-order valence-corrected chi connectivity index (χ4v) is 5.57. The third kappa shape index (κ3) is 3.50. The van der Waals surface area contributed by atoms with Gasteiger partial charge in [-0.1, -0.05) is 24.3 Å². The monoisotopic (exact) mass is 477 g/mol. The lowest BCUT2D eigenvalue weighted by molar-refractivity contribution is -0.115. The van der Waals surface area contributed by atoms with Crippen LogP contribution in [-0.4, -0.2) is 53.7 Å². The maximum atomic E-state index is 12.9. The van der Waals surface area contributed by atoms with Crippen LogP contribution in [0.2, 0.25) is 0 Å². The van der Waals surface area contributed by atoms with Crippen LogP contribution >= 0.6 is 11.8 Å². The Morgan fingerprint density at radius 3 is 3.00 bits per heavy atom. The van der Waals surface area contributed by atoms with Crippen LogP contribution in [-0.2, 0) is 9.53 Å². The molecule has 34 heavy (non-hydrogen) atoms. The molecule has 0 radical (unpaired) electrons. The Morgan fingerprint density at radius 2 is 2.15 bits per heavy atom. The normalized spacial score (nSPS) is 24.7. The van der Waals surface area contributed by atoms with E-state index < -0.39 is 11.9 Å². The lowest BCUT2D eigenvalue weighted by Gasteiger charge is -2.31. The molecule has 5 heterocycles. The summed E-state index contributed by atoms with van der Waals surface area (Å²) < 4.78 is 11.5. The number of aromatic amines is 1. The third-order valence-electron chi connectivity index (χ3n) is 6.22. The number of aliphatic imine (C=N–C) groups is 1. The van der Waals surface area contributed by atoms with E-state index in [4.69, 9.17) is 14.1 Å². The molecule has 0 saturated carbocycles. The molecule has 0 bridgehead atoms. The average Bonchev–Trinajstić information content (AvgIpc) is 3.56. The number of hydrogen-bond donors (Lipinski definition) is 4. The second kappa shape index (κ2) is 8.37. The van der Waals surface area contributed by atoms with Gasteiger partial charge in [-0.2, -0.15) is 0 Å². The second-order valence-corrected chi connectivity index (χ2v) is 9.31. The summed E-state index contributed by atoms with van der Waals surface area (Å²) in [5.74, 6) is -0.238. The van der Waals surface area contributed by atoms with Crippen LogP contribution in [0.1, 0.15) is 34.7 Å². The van der Waals surface area contributed by atoms with Crippen molar-refractivity contribution in [2.24, 2.45) is 4.99 Å². The zero-order chi connectivity index (χ0) is 23.2. The number of aromatic nitrogens is 1. The Hall–Kier alpha value is -3.50. The minimum atomic E-state index is -0.445. The van der Waals surface area contributed by atoms with Gasteiger partial charge < -0.3 is 30.1 Å². The van der Waals surface area contributed by atoms with Crippen molar-refractivity contribution in [2.45, 2.75) is 30.0 Å². The molecule has 0 saturated heterocycles. The minimum Gasteiger partial charge on any atom is -0.461 e. The molecule has 9 nitrogen and oxygen atoms in total. The van der Waals surface area contributed by atoms with Gasteiger partial charge in [-0.15, -0.1) is 0 Å². The van der Waals surface area contributed by atoms with E-state index in [-0.39, 0.29) is 31.0 Å². The van der Waals surface area contributed by atoms with Gasteiger partial charge in [0.1, 0.15) is 11.5 Å². The number of allylic oxidation sites excluding steroid dienone is 2. The Bertz CT molecular complexity index is 1300. The summed E-state index contributed by atoms with van der Waals surface area (Å²) in [5.41, 5.74) is 3.13. The topological polar surface area (TPSA) is 121 Å². The maximum Gasteiger partial charge on any atom is 0.356 e. The molecule has 0 amide bonds. The highest BCUT2D eigenvalue weighted by atomic mass is 32.2. The quantitative estimate of drug-likeness (QED) is 0.496. The Balaban J connectivity index is 1.34. The van der Waals surface area contributed by atoms with Gasteiger partial charge in [0, 0.05) is 29.6 Å². The van der Waals surface area contributed by atoms with Gasteiger partial charge in [0.15, 0.2) is 16.0 Å². The minimum absolute atomic E-state index is 0.00151. The van der Waals surface area contributed by atoms with Crippen molar-refractivity contribution >= 4 is 34.4 Å². The van der Waals surface area contributed by atoms with Gasteiger partial charge in [0.25, 0.3) is 0 Å². The van der Waals surface area contributed by atoms with E-state index in [0.29, 0.717) is 34.4 Å². The summed E-state index contributed by atoms with van der Waals surface area (Å²) in [7, 11) is 0. The van der Waals surface area contributed by atoms with Crippen molar-refractivity contribution in [1.82, 2.24) is 15.6 Å². The van der Waals surface area contributed by atoms with Crippen LogP contribution in [0.15, 0.2) is 68.4 Å². The molecule has 4 N–H and O–H groups in total. The zero-order valence-corrected chi connectivity index (χ0v) is 19.2. The molecule has 3 aliphatic heterocycles. The van der Waals surface area contributed by atoms with Crippen LogP contribution in [0.3, 0.4) is 0 Å². The first-order chi connectivity index (χ1) is 16.6. The lowest BCUT2D eigenvalue weighted by Crippen LogP contribution is -2.39. The van der Waals surface area contributed by atoms with E-state index >= 15 is 0 Å². The van der Waals surface area contributed by atoms with Gasteiger partial charge in [0.05, 0.1) is 36.8 Å². The number of nitrogens with zero attached hydrogens (tertiary/aromatic N) is 1. The largest absolute Gasteiger partial charge is 0.461 e. The first kappa shape index (κ1) is 21.1. The highest BCUT2D eigenvalue weighted by Gasteiger charge is 2.39. The number of thioether (sulfide) groups is 1. The summed E-state index contributed by atoms with van der Waals surface area (Å²) in [6.07, 6.45) is 9.93. The molecule has 10 heteroatoms. The van der Waals surface area contributed by atoms with Gasteiger partial charge >= 0.3 is 5.97 Å². The second-order valence-electron chi connectivity index (χ2n) is 8.32. The van der Waals surface area contributed by atoms with E-state index in [1.807, 2.05) is 24.3 Å². The Labute approximate surface area is 199 Å². The highest BCUT2D eigenvalue weighted by molar-refractivity contribution is 8.13. The number of hydrogen-bond acceptors (Lipinski definition) is 9. The molecule has 2 aromatic rings. The van der Waals surface area contributed by atoms with Crippen molar-refractivity contribution in [1.29, 1.82) is 0 Å². The van der Waals surface area contributed by atoms with Crippen molar-refractivity contribution < 1.29 is 18.7 Å². The summed E-state index contributed by atoms with van der Waals surface area (Å²) in [6, 6.07) is 4.04. The molecule has 3 atom stereocenters. The maximum absolute atomic E-state index is 12.9. The van der Waals surface area contributed by atoms with Gasteiger partial charge in [-0.25, -0.2) is 4.79 Å². The molecule has 0 fully saturated rings. The molecule has 174 valence electrons. The number of ether oxygens (including phenoxy) is 1. The average molecular weight is 478 g/mol. The van der Waals surface area contributed by atoms with E-state index in [1.165, 1.54) is 11.8 Å². The van der Waals surface area contributed by atoms with Gasteiger partial charge in [-0.3, -0.25) is 9.79 Å². The zero-order valence-electron chi connectivity index (χ0n) is 18.4. The van der Waals surface area contributed by atoms with Crippen LogP contribution in [0.25, 0.3) is 0 Å². The van der Waals surface area contributed by atoms with Crippen LogP contribution < -0.4 is 16.0 Å². The van der Waals surface area contributed by atoms with Gasteiger partial charge in [-0.05, 0) is 30.8 Å². The SMILES string of the molecule is CCOC(=O)c1[nH]cc2c1NC1=C(C(=O)CNC1)C2c1ccc(SC2=NC3C=CC=CC3N2)o1. The van der Waals surface area contributed by atoms with Crippen LogP contribution in [0, 0.1) is 0 Å². The number of H-pyrrole nitrogens is 1. The van der Waals surface area contributed by atoms with E-state index in [1.54, 1.807) is 13.1 Å². The molecular weight excluding hydrogens is 454 g/mol. The van der Waals surface area contributed by atoms with Crippen molar-refractivity contribution in [2.75, 3.05) is 25.0 Å². The first-order valence-electron chi connectivity index (χ1n) is 11.2. The molecule has 4 aliphatic rings. The number of carbonyl (C=O) groups excluding carboxylic acids is 2. The van der Waals surface area contributed by atoms with Crippen molar-refractivity contribution in [3.63, 3.8) is 0 Å². The number of ketones is 1. The van der Waals surface area contributed by atoms with Crippen molar-refractivity contribution in [3.05, 3.63) is 70.9 Å². The number of Topliss-reactive ketones (excluding diaryl/α,β-unsaturated/α-hetero) is 1. The number of esters is 1. The van der Waals surface area contributed by atoms with E-state index in [9.17, 15) is 9.59 Å². The van der Waals surface area contributed by atoms with Crippen molar-refractivity contribution in [3.8, 4) is 0 Å². The predicted octanol–water partition coefficient (Wildman–Crippen LogP) is 2.68. The standard InChI is InChI=1S/C24H23N5O4S/c1-2-32-23(31)22-21-12(9-26-22)19(20-15(27-21)10-25-11-16(20)30)17-7-8-18(33-17)34-24-28-13-5-3-4-6-14(13)29-24/h3-9,13-14,19,25-27H,2,10-11H2,1H3,(H,28,29). The highest BCUT2D eigenvalue weighted by Crippen LogP contribution is 2.45. The smallest absolute Gasteiger partial charge is 0.356 e. The molecule has 0 aromatic carbocycles. The van der Waals surface area contributed by atoms with Crippen LogP contribution in [0.4, 0.5) is 5.69 Å². The number of fused-ring (bicyclic) bond motifs is 2. The predicted molar refractivity (Wildman–Crippen MR) is 128 cm³/mol. The number of amidine groups is 1. The van der Waals surface area contributed by atoms with Crippen LogP contribution in [0.5, 0.6) is 0 Å². The Kier molecular flexibility index (Phi) is 5.19. The molecular formula is C24H23N5O4S. The summed E-state index contributed by atoms with van der Waals surface area (Å²) >= 11 is 1.42. The fourth-order valence-electron chi connectivity index (χ4n) is 4.74. The summed E-state index contributed by atoms with van der Waals surface area (Å²) in [6.45, 7) is 2.79. The number of nitrogens with one attached hydrogen (secondary N) is 4. The fraction of sp³-hybridized carbons (Fsp3) is 0.292. The molecule has 2 aromatic heterocycles. The summed E-state index contributed by atoms with van der Waals surface area (Å²) in [4.78, 5) is 33.2. The van der Waals surface area contributed by atoms with Gasteiger partial charge in [0.2, 0.25) is 0 Å². The molecule has 1 aliphatic carbocycles. The van der Waals surface area contributed by atoms with E-state index in [0.717, 1.165) is 16.4 Å². The molecule has 6 rings (SSSR count). The number of furan rings is 1. The molecule has 3 unspecified atom stereocenters. The first-order valence-corrected chi connectivity index (χ1v) is 12.0. The summed E-state index contributed by atoms with van der Waals surface area (Å²) in [5, 5.41) is 11.3. The number of carbonyl (C=O) groups is 2. The number of rotatable bonds is 4. The number of anilines is 1. The molecule has 0 spiro atoms. The van der Waals surface area contributed by atoms with E-state index in [2.05, 4.69) is 33.1 Å². The Morgan fingerprint density at radius 1 is 1.26 bits per heavy atom. The lowest BCUT2D eigenvalue weighted by atomic mass is 9.82.